The number of hydrogen-bond acceptors (Lipinski definition) is 2. The molecule has 2 aliphatic rings. The molecule has 0 aliphatic heterocycles. The zero-order valence-electron chi connectivity index (χ0n) is 40.1. The van der Waals surface area contributed by atoms with Crippen molar-refractivity contribution >= 4 is 69.2 Å². The highest BCUT2D eigenvalue weighted by Gasteiger charge is 2.37. The summed E-state index contributed by atoms with van der Waals surface area (Å²) < 4.78 is 0. The van der Waals surface area contributed by atoms with Gasteiger partial charge >= 0.3 is 0 Å². The smallest absolute Gasteiger partial charge is 0.0465 e. The van der Waals surface area contributed by atoms with Crippen LogP contribution in [0.2, 0.25) is 0 Å². The van der Waals surface area contributed by atoms with E-state index in [0.29, 0.717) is 0 Å². The van der Waals surface area contributed by atoms with E-state index < -0.39 is 0 Å². The van der Waals surface area contributed by atoms with E-state index in [4.69, 9.17) is 0 Å². The first kappa shape index (κ1) is 42.9. The lowest BCUT2D eigenvalue weighted by Gasteiger charge is -2.28. The van der Waals surface area contributed by atoms with Crippen LogP contribution in [0.15, 0.2) is 231 Å². The highest BCUT2D eigenvalue weighted by atomic mass is 15.1. The molecule has 0 radical (unpaired) electrons. The molecule has 336 valence electrons. The Bertz CT molecular complexity index is 3320. The molecule has 0 unspecified atom stereocenters. The van der Waals surface area contributed by atoms with Gasteiger partial charge in [-0.2, -0.15) is 0 Å². The van der Waals surface area contributed by atoms with E-state index in [1.807, 2.05) is 0 Å². The Morgan fingerprint density at radius 1 is 0.257 bits per heavy atom. The molecule has 2 heteroatoms. The first-order valence-electron chi connectivity index (χ1n) is 24.5. The van der Waals surface area contributed by atoms with Gasteiger partial charge in [0.05, 0.1) is 0 Å². The van der Waals surface area contributed by atoms with Crippen molar-refractivity contribution in [3.63, 3.8) is 0 Å². The summed E-state index contributed by atoms with van der Waals surface area (Å²) in [4.78, 5) is 4.70. The molecule has 0 bridgehead atoms. The second-order valence-electron chi connectivity index (χ2n) is 19.9. The average Bonchev–Trinajstić information content (AvgIpc) is 3.76. The van der Waals surface area contributed by atoms with Crippen molar-refractivity contribution in [2.45, 2.75) is 38.5 Å². The summed E-state index contributed by atoms with van der Waals surface area (Å²) in [6.45, 7) is 9.46. The summed E-state index contributed by atoms with van der Waals surface area (Å²) in [6.07, 6.45) is 9.01. The standard InChI is InChI=1S/C68H54N2/c1-67(2)63-43-49(31-37-59(63)61-39-35-57(45-65(61)67)69(53-17-9-5-10-18-53)54-19-11-6-12-20-54)27-25-47-29-33-52-42-48(30-34-51(52)41-47)26-28-50-32-38-60-62-40-36-58(46-66(62)68(3,4)64(60)44-50)70(55-21-13-7-14-22-55)56-23-15-8-16-24-56/h5-46H,1-4H3/b27-25+,28-26+. The van der Waals surface area contributed by atoms with E-state index in [9.17, 15) is 0 Å². The van der Waals surface area contributed by atoms with E-state index in [1.165, 1.54) is 77.5 Å². The van der Waals surface area contributed by atoms with Crippen LogP contribution in [0.4, 0.5) is 34.1 Å². The number of hydrogen-bond donors (Lipinski definition) is 0. The van der Waals surface area contributed by atoms with Gasteiger partial charge in [-0.3, -0.25) is 0 Å². The topological polar surface area (TPSA) is 6.48 Å². The normalized spacial score (nSPS) is 13.8. The summed E-state index contributed by atoms with van der Waals surface area (Å²) in [7, 11) is 0. The molecule has 0 atom stereocenters. The number of fused-ring (bicyclic) bond motifs is 7. The van der Waals surface area contributed by atoms with Gasteiger partial charge in [0.2, 0.25) is 0 Å². The van der Waals surface area contributed by atoms with Crippen LogP contribution in [-0.2, 0) is 10.8 Å². The molecule has 12 rings (SSSR count). The SMILES string of the molecule is CC1(C)c2cc(/C=C/c3ccc4cc(/C=C/c5ccc6c(c5)C(C)(C)c5cc(N(c7ccccc7)c7ccccc7)ccc5-6)ccc4c3)ccc2-c2ccc(N(c3ccccc3)c3ccccc3)cc21. The maximum Gasteiger partial charge on any atom is 0.0465 e. The second kappa shape index (κ2) is 17.3. The average molecular weight is 899 g/mol. The highest BCUT2D eigenvalue weighted by Crippen LogP contribution is 2.53. The zero-order valence-corrected chi connectivity index (χ0v) is 40.1. The van der Waals surface area contributed by atoms with Crippen LogP contribution in [0.5, 0.6) is 0 Å². The van der Waals surface area contributed by atoms with Crippen LogP contribution in [0, 0.1) is 0 Å². The Kier molecular flexibility index (Phi) is 10.6. The molecule has 2 nitrogen and oxygen atoms in total. The molecule has 10 aromatic rings. The van der Waals surface area contributed by atoms with E-state index >= 15 is 0 Å². The van der Waals surface area contributed by atoms with E-state index in [1.54, 1.807) is 0 Å². The Morgan fingerprint density at radius 2 is 0.529 bits per heavy atom. The summed E-state index contributed by atoms with van der Waals surface area (Å²) in [5.74, 6) is 0. The van der Waals surface area contributed by atoms with Crippen molar-refractivity contribution in [2.75, 3.05) is 9.80 Å². The lowest BCUT2D eigenvalue weighted by atomic mass is 9.81. The van der Waals surface area contributed by atoms with Crippen molar-refractivity contribution in [2.24, 2.45) is 0 Å². The molecular formula is C68H54N2. The van der Waals surface area contributed by atoms with Crippen LogP contribution in [0.25, 0.3) is 57.3 Å². The van der Waals surface area contributed by atoms with Gasteiger partial charge in [-0.25, -0.2) is 0 Å². The fraction of sp³-hybridized carbons (Fsp3) is 0.0882. The maximum absolute atomic E-state index is 2.40. The Hall–Kier alpha value is -8.46. The number of rotatable bonds is 10. The Morgan fingerprint density at radius 3 is 0.857 bits per heavy atom. The molecule has 0 amide bonds. The van der Waals surface area contributed by atoms with E-state index in [0.717, 1.165) is 34.1 Å². The molecule has 0 heterocycles. The molecular weight excluding hydrogens is 845 g/mol. The first-order chi connectivity index (χ1) is 34.2. The minimum absolute atomic E-state index is 0.152. The summed E-state index contributed by atoms with van der Waals surface area (Å²) in [5.41, 5.74) is 22.1. The van der Waals surface area contributed by atoms with Gasteiger partial charge in [0.15, 0.2) is 0 Å². The predicted molar refractivity (Wildman–Crippen MR) is 299 cm³/mol. The predicted octanol–water partition coefficient (Wildman–Crippen LogP) is 18.7. The van der Waals surface area contributed by atoms with Crippen LogP contribution in [-0.4, -0.2) is 0 Å². The fourth-order valence-electron chi connectivity index (χ4n) is 11.0. The number of benzene rings is 10. The number of nitrogens with zero attached hydrogens (tertiary/aromatic N) is 2. The Labute approximate surface area is 412 Å². The third kappa shape index (κ3) is 7.63. The van der Waals surface area contributed by atoms with E-state index in [2.05, 4.69) is 292 Å². The largest absolute Gasteiger partial charge is 0.310 e. The third-order valence-electron chi connectivity index (χ3n) is 14.8. The lowest BCUT2D eigenvalue weighted by molar-refractivity contribution is 0.660. The third-order valence-corrected chi connectivity index (χ3v) is 14.8. The molecule has 2 aliphatic carbocycles. The van der Waals surface area contributed by atoms with Crippen LogP contribution in [0.1, 0.15) is 72.2 Å². The minimum atomic E-state index is -0.152. The lowest BCUT2D eigenvalue weighted by Crippen LogP contribution is -2.16. The number of para-hydroxylation sites is 4. The van der Waals surface area contributed by atoms with Crippen LogP contribution < -0.4 is 9.80 Å². The van der Waals surface area contributed by atoms with Gasteiger partial charge in [0, 0.05) is 45.0 Å². The first-order valence-corrected chi connectivity index (χ1v) is 24.5. The molecule has 0 N–H and O–H groups in total. The van der Waals surface area contributed by atoms with Crippen LogP contribution in [0.3, 0.4) is 0 Å². The monoisotopic (exact) mass is 898 g/mol. The van der Waals surface area contributed by atoms with Gasteiger partial charge < -0.3 is 9.80 Å². The summed E-state index contributed by atoms with van der Waals surface area (Å²) in [5, 5.41) is 2.46. The molecule has 0 saturated heterocycles. The molecule has 0 saturated carbocycles. The zero-order chi connectivity index (χ0) is 47.4. The highest BCUT2D eigenvalue weighted by molar-refractivity contribution is 5.91. The summed E-state index contributed by atoms with van der Waals surface area (Å²) in [6, 6.07) is 84.1. The van der Waals surface area contributed by atoms with Crippen molar-refractivity contribution < 1.29 is 0 Å². The second-order valence-corrected chi connectivity index (χ2v) is 19.9. The quantitative estimate of drug-likeness (QED) is 0.126. The van der Waals surface area contributed by atoms with Crippen molar-refractivity contribution in [1.29, 1.82) is 0 Å². The van der Waals surface area contributed by atoms with Crippen molar-refractivity contribution in [3.05, 3.63) is 275 Å². The Balaban J connectivity index is 0.758. The van der Waals surface area contributed by atoms with Gasteiger partial charge in [-0.05, 0) is 162 Å². The molecule has 0 fully saturated rings. The maximum atomic E-state index is 2.40. The van der Waals surface area contributed by atoms with E-state index in [-0.39, 0.29) is 10.8 Å². The van der Waals surface area contributed by atoms with Gasteiger partial charge in [-0.1, -0.05) is 198 Å². The fourth-order valence-corrected chi connectivity index (χ4v) is 11.0. The van der Waals surface area contributed by atoms with Gasteiger partial charge in [-0.15, -0.1) is 0 Å². The van der Waals surface area contributed by atoms with Gasteiger partial charge in [0.25, 0.3) is 0 Å². The van der Waals surface area contributed by atoms with Crippen molar-refractivity contribution in [3.8, 4) is 22.3 Å². The molecule has 10 aromatic carbocycles. The summed E-state index contributed by atoms with van der Waals surface area (Å²) >= 11 is 0. The molecule has 70 heavy (non-hydrogen) atoms. The minimum Gasteiger partial charge on any atom is -0.310 e. The van der Waals surface area contributed by atoms with Crippen LogP contribution >= 0.6 is 0 Å². The number of anilines is 6. The molecule has 0 spiro atoms. The van der Waals surface area contributed by atoms with Gasteiger partial charge in [0.1, 0.15) is 0 Å². The van der Waals surface area contributed by atoms with Crippen molar-refractivity contribution in [1.82, 2.24) is 0 Å². The molecule has 0 aromatic heterocycles.